The van der Waals surface area contributed by atoms with E-state index in [2.05, 4.69) is 52.8 Å². The molecule has 1 rings (SSSR count). The van der Waals surface area contributed by atoms with E-state index < -0.39 is 5.97 Å². The summed E-state index contributed by atoms with van der Waals surface area (Å²) in [6.45, 7) is 10.8. The fourth-order valence-corrected chi connectivity index (χ4v) is 2.26. The number of benzene rings is 1. The molecule has 110 valence electrons. The van der Waals surface area contributed by atoms with Crippen molar-refractivity contribution in [2.75, 3.05) is 0 Å². The Morgan fingerprint density at radius 3 is 2.45 bits per heavy atom. The van der Waals surface area contributed by atoms with Gasteiger partial charge in [-0.1, -0.05) is 58.4 Å². The van der Waals surface area contributed by atoms with Gasteiger partial charge >= 0.3 is 5.97 Å². The molecule has 0 saturated carbocycles. The van der Waals surface area contributed by atoms with Crippen molar-refractivity contribution in [3.8, 4) is 0 Å². The lowest BCUT2D eigenvalue weighted by Crippen LogP contribution is -2.11. The SMILES string of the molecule is CCC/C(=C\CC(=O)O)c1cc(C(C)(C)C)ccc1C. The minimum absolute atomic E-state index is 0.0918. The number of carboxylic acid groups (broad SMARTS) is 1. The molecule has 0 aromatic heterocycles. The van der Waals surface area contributed by atoms with Crippen LogP contribution in [0.25, 0.3) is 5.57 Å². The van der Waals surface area contributed by atoms with Crippen molar-refractivity contribution < 1.29 is 9.90 Å². The quantitative estimate of drug-likeness (QED) is 0.824. The minimum Gasteiger partial charge on any atom is -0.481 e. The fourth-order valence-electron chi connectivity index (χ4n) is 2.26. The fraction of sp³-hybridized carbons (Fsp3) is 0.500. The van der Waals surface area contributed by atoms with Crippen molar-refractivity contribution in [2.24, 2.45) is 0 Å². The summed E-state index contributed by atoms with van der Waals surface area (Å²) in [6.07, 6.45) is 3.89. The van der Waals surface area contributed by atoms with Crippen LogP contribution in [0, 0.1) is 6.92 Å². The Hall–Kier alpha value is -1.57. The average molecular weight is 274 g/mol. The number of aryl methyl sites for hydroxylation is 1. The maximum Gasteiger partial charge on any atom is 0.307 e. The number of allylic oxidation sites excluding steroid dienone is 1. The summed E-state index contributed by atoms with van der Waals surface area (Å²) >= 11 is 0. The van der Waals surface area contributed by atoms with Gasteiger partial charge in [0.2, 0.25) is 0 Å². The highest BCUT2D eigenvalue weighted by atomic mass is 16.4. The van der Waals surface area contributed by atoms with Gasteiger partial charge in [0.25, 0.3) is 0 Å². The van der Waals surface area contributed by atoms with Crippen molar-refractivity contribution in [3.63, 3.8) is 0 Å². The molecule has 0 heterocycles. The molecule has 0 bridgehead atoms. The molecular formula is C18H26O2. The summed E-state index contributed by atoms with van der Waals surface area (Å²) in [5.41, 5.74) is 4.95. The first kappa shape index (κ1) is 16.5. The summed E-state index contributed by atoms with van der Waals surface area (Å²) < 4.78 is 0. The Morgan fingerprint density at radius 1 is 1.30 bits per heavy atom. The Bertz CT molecular complexity index is 505. The molecule has 1 aromatic carbocycles. The third-order valence-electron chi connectivity index (χ3n) is 3.49. The largest absolute Gasteiger partial charge is 0.481 e. The van der Waals surface area contributed by atoms with Crippen LogP contribution >= 0.6 is 0 Å². The number of rotatable bonds is 5. The number of aliphatic carboxylic acids is 1. The van der Waals surface area contributed by atoms with Gasteiger partial charge in [-0.25, -0.2) is 0 Å². The van der Waals surface area contributed by atoms with Crippen LogP contribution in [-0.2, 0) is 10.2 Å². The van der Waals surface area contributed by atoms with Crippen LogP contribution in [0.15, 0.2) is 24.3 Å². The van der Waals surface area contributed by atoms with Crippen LogP contribution in [0.2, 0.25) is 0 Å². The van der Waals surface area contributed by atoms with Gasteiger partial charge in [0.05, 0.1) is 6.42 Å². The molecule has 0 aliphatic rings. The van der Waals surface area contributed by atoms with Crippen LogP contribution in [0.3, 0.4) is 0 Å². The number of carbonyl (C=O) groups is 1. The van der Waals surface area contributed by atoms with Gasteiger partial charge in [-0.3, -0.25) is 4.79 Å². The van der Waals surface area contributed by atoms with Gasteiger partial charge in [0, 0.05) is 0 Å². The van der Waals surface area contributed by atoms with E-state index >= 15 is 0 Å². The van der Waals surface area contributed by atoms with E-state index in [4.69, 9.17) is 5.11 Å². The lowest BCUT2D eigenvalue weighted by molar-refractivity contribution is -0.135. The average Bonchev–Trinajstić information content (AvgIpc) is 2.33. The van der Waals surface area contributed by atoms with Crippen LogP contribution in [0.4, 0.5) is 0 Å². The standard InChI is InChI=1S/C18H26O2/c1-6-7-14(9-11-17(19)20)16-12-15(18(3,4)5)10-8-13(16)2/h8-10,12H,6-7,11H2,1-5H3,(H,19,20)/b14-9+. The first-order chi connectivity index (χ1) is 9.25. The highest BCUT2D eigenvalue weighted by molar-refractivity contribution is 5.75. The Labute approximate surface area is 122 Å². The van der Waals surface area contributed by atoms with Gasteiger partial charge < -0.3 is 5.11 Å². The highest BCUT2D eigenvalue weighted by Gasteiger charge is 2.16. The molecule has 0 amide bonds. The van der Waals surface area contributed by atoms with Crippen molar-refractivity contribution >= 4 is 11.5 Å². The molecular weight excluding hydrogens is 248 g/mol. The molecule has 0 aliphatic carbocycles. The predicted octanol–water partition coefficient (Wildman–Crippen LogP) is 4.95. The second-order valence-electron chi connectivity index (χ2n) is 6.36. The molecule has 0 atom stereocenters. The monoisotopic (exact) mass is 274 g/mol. The number of hydrogen-bond donors (Lipinski definition) is 1. The van der Waals surface area contributed by atoms with E-state index in [-0.39, 0.29) is 11.8 Å². The second-order valence-corrected chi connectivity index (χ2v) is 6.36. The highest BCUT2D eigenvalue weighted by Crippen LogP contribution is 2.30. The van der Waals surface area contributed by atoms with Crippen LogP contribution in [0.5, 0.6) is 0 Å². The maximum absolute atomic E-state index is 10.8. The number of carboxylic acids is 1. The molecule has 1 N–H and O–H groups in total. The molecule has 2 heteroatoms. The number of hydrogen-bond acceptors (Lipinski definition) is 1. The van der Waals surface area contributed by atoms with E-state index in [1.54, 1.807) is 0 Å². The Balaban J connectivity index is 3.25. The van der Waals surface area contributed by atoms with E-state index in [1.165, 1.54) is 16.7 Å². The molecule has 2 nitrogen and oxygen atoms in total. The van der Waals surface area contributed by atoms with Crippen molar-refractivity contribution in [3.05, 3.63) is 41.0 Å². The van der Waals surface area contributed by atoms with Crippen LogP contribution in [-0.4, -0.2) is 11.1 Å². The van der Waals surface area contributed by atoms with Gasteiger partial charge in [0.1, 0.15) is 0 Å². The third kappa shape index (κ3) is 4.52. The second kappa shape index (κ2) is 6.74. The van der Waals surface area contributed by atoms with Crippen molar-refractivity contribution in [1.82, 2.24) is 0 Å². The topological polar surface area (TPSA) is 37.3 Å². The lowest BCUT2D eigenvalue weighted by atomic mass is 9.83. The molecule has 0 spiro atoms. The molecule has 0 saturated heterocycles. The van der Waals surface area contributed by atoms with Gasteiger partial charge in [-0.2, -0.15) is 0 Å². The Kier molecular flexibility index (Phi) is 5.55. The molecule has 20 heavy (non-hydrogen) atoms. The van der Waals surface area contributed by atoms with Crippen LogP contribution in [0.1, 0.15) is 63.6 Å². The van der Waals surface area contributed by atoms with Crippen molar-refractivity contribution in [2.45, 2.75) is 59.3 Å². The minimum atomic E-state index is -0.775. The Morgan fingerprint density at radius 2 is 1.95 bits per heavy atom. The molecule has 0 fully saturated rings. The maximum atomic E-state index is 10.8. The summed E-state index contributed by atoms with van der Waals surface area (Å²) in [5, 5.41) is 8.89. The third-order valence-corrected chi connectivity index (χ3v) is 3.49. The van der Waals surface area contributed by atoms with E-state index in [0.717, 1.165) is 18.4 Å². The summed E-state index contributed by atoms with van der Waals surface area (Å²) in [6, 6.07) is 6.53. The predicted molar refractivity (Wildman–Crippen MR) is 85.0 cm³/mol. The molecule has 0 aliphatic heterocycles. The first-order valence-electron chi connectivity index (χ1n) is 7.28. The molecule has 0 radical (unpaired) electrons. The zero-order chi connectivity index (χ0) is 15.3. The zero-order valence-corrected chi connectivity index (χ0v) is 13.3. The van der Waals surface area contributed by atoms with Gasteiger partial charge in [0.15, 0.2) is 0 Å². The van der Waals surface area contributed by atoms with E-state index in [1.807, 2.05) is 6.08 Å². The van der Waals surface area contributed by atoms with Crippen molar-refractivity contribution in [1.29, 1.82) is 0 Å². The summed E-state index contributed by atoms with van der Waals surface area (Å²) in [4.78, 5) is 10.8. The normalized spacial score (nSPS) is 12.6. The molecule has 0 unspecified atom stereocenters. The smallest absolute Gasteiger partial charge is 0.307 e. The van der Waals surface area contributed by atoms with Gasteiger partial charge in [-0.15, -0.1) is 0 Å². The molecule has 1 aromatic rings. The summed E-state index contributed by atoms with van der Waals surface area (Å²) in [5.74, 6) is -0.775. The van der Waals surface area contributed by atoms with Crippen LogP contribution < -0.4 is 0 Å². The summed E-state index contributed by atoms with van der Waals surface area (Å²) in [7, 11) is 0. The lowest BCUT2D eigenvalue weighted by Gasteiger charge is -2.21. The first-order valence-corrected chi connectivity index (χ1v) is 7.28. The zero-order valence-electron chi connectivity index (χ0n) is 13.3. The van der Waals surface area contributed by atoms with Gasteiger partial charge in [-0.05, 0) is 41.0 Å². The van der Waals surface area contributed by atoms with E-state index in [9.17, 15) is 4.79 Å². The van der Waals surface area contributed by atoms with E-state index in [0.29, 0.717) is 0 Å².